The maximum Gasteiger partial charge on any atom is 0.116 e. The first-order valence-electron chi connectivity index (χ1n) is 15.1. The van der Waals surface area contributed by atoms with Crippen molar-refractivity contribution in [3.05, 3.63) is 146 Å². The molecule has 5 heterocycles. The molecule has 0 aliphatic rings. The van der Waals surface area contributed by atoms with Crippen molar-refractivity contribution < 1.29 is 0 Å². The summed E-state index contributed by atoms with van der Waals surface area (Å²) in [4.78, 5) is 27.7. The van der Waals surface area contributed by atoms with E-state index in [1.807, 2.05) is 24.4 Å². The van der Waals surface area contributed by atoms with Gasteiger partial charge in [-0.1, -0.05) is 72.8 Å². The summed E-state index contributed by atoms with van der Waals surface area (Å²) in [5, 5.41) is 4.35. The van der Waals surface area contributed by atoms with Gasteiger partial charge in [0.05, 0.1) is 44.8 Å². The minimum Gasteiger partial charge on any atom is -0.254 e. The van der Waals surface area contributed by atoms with Gasteiger partial charge in [-0.2, -0.15) is 0 Å². The van der Waals surface area contributed by atoms with Gasteiger partial charge in [-0.25, -0.2) is 24.9 Å². The molecule has 0 N–H and O–H groups in total. The lowest BCUT2D eigenvalue weighted by Gasteiger charge is -2.09. The zero-order valence-corrected chi connectivity index (χ0v) is 24.5. The molecule has 0 fully saturated rings. The molecule has 0 bridgehead atoms. The molecule has 214 valence electrons. The van der Waals surface area contributed by atoms with E-state index >= 15 is 0 Å². The fourth-order valence-electron chi connectivity index (χ4n) is 6.05. The second-order valence-electron chi connectivity index (χ2n) is 11.3. The Hall–Kier alpha value is -6.40. The minimum absolute atomic E-state index is 0.812. The minimum atomic E-state index is 0.812. The van der Waals surface area contributed by atoms with Crippen LogP contribution in [-0.2, 0) is 0 Å². The van der Waals surface area contributed by atoms with E-state index in [0.29, 0.717) is 0 Å². The Morgan fingerprint density at radius 3 is 1.59 bits per heavy atom. The van der Waals surface area contributed by atoms with Crippen LogP contribution in [-0.4, -0.2) is 29.9 Å². The van der Waals surface area contributed by atoms with E-state index in [2.05, 4.69) is 124 Å². The van der Waals surface area contributed by atoms with Gasteiger partial charge in [0, 0.05) is 45.1 Å². The van der Waals surface area contributed by atoms with Crippen molar-refractivity contribution in [3.63, 3.8) is 0 Å². The van der Waals surface area contributed by atoms with Gasteiger partial charge >= 0.3 is 0 Å². The van der Waals surface area contributed by atoms with Crippen LogP contribution in [0.2, 0.25) is 0 Å². The van der Waals surface area contributed by atoms with Gasteiger partial charge < -0.3 is 0 Å². The van der Waals surface area contributed by atoms with Gasteiger partial charge in [0.1, 0.15) is 6.33 Å². The maximum atomic E-state index is 5.00. The van der Waals surface area contributed by atoms with Gasteiger partial charge in [-0.3, -0.25) is 4.98 Å². The normalized spacial score (nSPS) is 11.5. The van der Waals surface area contributed by atoms with Gasteiger partial charge in [0.15, 0.2) is 0 Å². The van der Waals surface area contributed by atoms with Crippen molar-refractivity contribution >= 4 is 43.6 Å². The highest BCUT2D eigenvalue weighted by Gasteiger charge is 2.09. The van der Waals surface area contributed by atoms with E-state index in [1.165, 1.54) is 0 Å². The number of rotatable bonds is 4. The van der Waals surface area contributed by atoms with Crippen molar-refractivity contribution in [2.45, 2.75) is 0 Å². The number of fused-ring (bicyclic) bond motifs is 5. The largest absolute Gasteiger partial charge is 0.254 e. The Morgan fingerprint density at radius 2 is 0.913 bits per heavy atom. The van der Waals surface area contributed by atoms with Crippen LogP contribution in [0.15, 0.2) is 146 Å². The summed E-state index contributed by atoms with van der Waals surface area (Å²) in [7, 11) is 0. The summed E-state index contributed by atoms with van der Waals surface area (Å²) >= 11 is 0. The van der Waals surface area contributed by atoms with Crippen molar-refractivity contribution in [3.8, 4) is 45.0 Å². The second-order valence-corrected chi connectivity index (χ2v) is 11.3. The summed E-state index contributed by atoms with van der Waals surface area (Å²) in [5.74, 6) is 0. The molecule has 5 aromatic heterocycles. The molecule has 0 aliphatic heterocycles. The summed E-state index contributed by atoms with van der Waals surface area (Å²) in [6, 6.07) is 43.9. The Labute approximate surface area is 264 Å². The Balaban J connectivity index is 0.993. The third-order valence-corrected chi connectivity index (χ3v) is 8.46. The summed E-state index contributed by atoms with van der Waals surface area (Å²) < 4.78 is 0. The van der Waals surface area contributed by atoms with Gasteiger partial charge in [-0.15, -0.1) is 0 Å². The molecule has 6 heteroatoms. The number of hydrogen-bond acceptors (Lipinski definition) is 6. The third kappa shape index (κ3) is 4.60. The van der Waals surface area contributed by atoms with Crippen LogP contribution < -0.4 is 0 Å². The van der Waals surface area contributed by atoms with E-state index in [0.717, 1.165) is 88.6 Å². The van der Waals surface area contributed by atoms with Crippen LogP contribution >= 0.6 is 0 Å². The molecular weight excluding hydrogens is 564 g/mol. The average Bonchev–Trinajstić information content (AvgIpc) is 3.14. The van der Waals surface area contributed by atoms with Crippen molar-refractivity contribution in [2.24, 2.45) is 0 Å². The lowest BCUT2D eigenvalue weighted by Crippen LogP contribution is -1.90. The lowest BCUT2D eigenvalue weighted by atomic mass is 10.0. The first-order valence-corrected chi connectivity index (χ1v) is 15.1. The van der Waals surface area contributed by atoms with Crippen LogP contribution in [0, 0.1) is 0 Å². The van der Waals surface area contributed by atoms with Crippen LogP contribution in [0.5, 0.6) is 0 Å². The zero-order valence-electron chi connectivity index (χ0n) is 24.5. The zero-order chi connectivity index (χ0) is 30.5. The molecule has 0 atom stereocenters. The molecule has 9 rings (SSSR count). The highest BCUT2D eigenvalue weighted by molar-refractivity contribution is 6.03. The monoisotopic (exact) mass is 588 g/mol. The van der Waals surface area contributed by atoms with E-state index in [4.69, 9.17) is 15.0 Å². The first kappa shape index (κ1) is 26.0. The predicted molar refractivity (Wildman–Crippen MR) is 185 cm³/mol. The number of aromatic nitrogens is 6. The molecule has 0 spiro atoms. The van der Waals surface area contributed by atoms with Gasteiger partial charge in [-0.05, 0) is 65.7 Å². The Morgan fingerprint density at radius 1 is 0.348 bits per heavy atom. The van der Waals surface area contributed by atoms with Crippen LogP contribution in [0.25, 0.3) is 88.6 Å². The molecule has 0 saturated heterocycles. The van der Waals surface area contributed by atoms with Crippen molar-refractivity contribution in [2.75, 3.05) is 0 Å². The number of nitrogens with zero attached hydrogens (tertiary/aromatic N) is 6. The summed E-state index contributed by atoms with van der Waals surface area (Å²) in [6.45, 7) is 0. The SMILES string of the molecule is c1cnc2c(c1)ccc1ccc(-c3ccc(-c4ccc5cc(-c6ccc7nc(-c8ccncn8)ccc7c6)ccc5n4)cc3)nc12. The molecule has 0 unspecified atom stereocenters. The standard InChI is InChI=1S/C40H24N6/c1-2-27-7-8-28-9-14-34(46-40(28)39(27)42-20-1)26-5-3-25(4-6-26)33-17-12-31-22-29(10-15-35(31)44-33)30-11-16-36-32(23-30)13-18-38(45-36)37-19-21-41-24-43-37/h1-24H. The Kier molecular flexibility index (Phi) is 6.03. The molecule has 9 aromatic rings. The fraction of sp³-hybridized carbons (Fsp3) is 0. The van der Waals surface area contributed by atoms with Crippen LogP contribution in [0.3, 0.4) is 0 Å². The quantitative estimate of drug-likeness (QED) is 0.191. The molecule has 0 amide bonds. The first-order chi connectivity index (χ1) is 22.7. The summed E-state index contributed by atoms with van der Waals surface area (Å²) in [5.41, 5.74) is 11.6. The summed E-state index contributed by atoms with van der Waals surface area (Å²) in [6.07, 6.45) is 5.10. The fourth-order valence-corrected chi connectivity index (χ4v) is 6.05. The highest BCUT2D eigenvalue weighted by atomic mass is 14.8. The van der Waals surface area contributed by atoms with Gasteiger partial charge in [0.25, 0.3) is 0 Å². The molecule has 0 radical (unpaired) electrons. The van der Waals surface area contributed by atoms with E-state index in [-0.39, 0.29) is 0 Å². The molecule has 6 nitrogen and oxygen atoms in total. The number of hydrogen-bond donors (Lipinski definition) is 0. The predicted octanol–water partition coefficient (Wildman–Crippen LogP) is 9.34. The Bertz CT molecular complexity index is 2580. The van der Waals surface area contributed by atoms with E-state index < -0.39 is 0 Å². The van der Waals surface area contributed by atoms with Crippen LogP contribution in [0.1, 0.15) is 0 Å². The highest BCUT2D eigenvalue weighted by Crippen LogP contribution is 2.31. The molecule has 0 saturated carbocycles. The topological polar surface area (TPSA) is 77.3 Å². The van der Waals surface area contributed by atoms with E-state index in [1.54, 1.807) is 12.5 Å². The number of benzene rings is 4. The maximum absolute atomic E-state index is 5.00. The van der Waals surface area contributed by atoms with Crippen LogP contribution in [0.4, 0.5) is 0 Å². The molecule has 46 heavy (non-hydrogen) atoms. The molecule has 0 aliphatic carbocycles. The number of pyridine rings is 4. The van der Waals surface area contributed by atoms with Crippen molar-refractivity contribution in [1.82, 2.24) is 29.9 Å². The average molecular weight is 589 g/mol. The molecule has 4 aromatic carbocycles. The van der Waals surface area contributed by atoms with Gasteiger partial charge in [0.2, 0.25) is 0 Å². The smallest absolute Gasteiger partial charge is 0.116 e. The molecular formula is C40H24N6. The second kappa shape index (κ2) is 10.6. The van der Waals surface area contributed by atoms with Crippen molar-refractivity contribution in [1.29, 1.82) is 0 Å². The lowest BCUT2D eigenvalue weighted by molar-refractivity contribution is 1.16. The third-order valence-electron chi connectivity index (χ3n) is 8.46. The van der Waals surface area contributed by atoms with E-state index in [9.17, 15) is 0 Å².